The molecule has 0 amide bonds. The van der Waals surface area contributed by atoms with Gasteiger partial charge in [0.15, 0.2) is 0 Å². The molecule has 0 aliphatic carbocycles. The minimum atomic E-state index is 0.685. The fourth-order valence-electron chi connectivity index (χ4n) is 1.95. The molecule has 5 nitrogen and oxygen atoms in total. The highest BCUT2D eigenvalue weighted by Crippen LogP contribution is 2.25. The molecule has 1 fully saturated rings. The van der Waals surface area contributed by atoms with Crippen LogP contribution in [0.1, 0.15) is 18.9 Å². The summed E-state index contributed by atoms with van der Waals surface area (Å²) in [5.74, 6) is 6.82. The van der Waals surface area contributed by atoms with Crippen LogP contribution in [0.5, 0.6) is 0 Å². The maximum Gasteiger partial charge on any atom is 0.219 e. The third kappa shape index (κ3) is 2.45. The molecule has 2 atom stereocenters. The van der Waals surface area contributed by atoms with Crippen LogP contribution in [0.2, 0.25) is 0 Å². The molecule has 1 aliphatic heterocycles. The van der Waals surface area contributed by atoms with Crippen molar-refractivity contribution in [3.63, 3.8) is 0 Å². The minimum Gasteiger partial charge on any atom is -0.298 e. The van der Waals surface area contributed by atoms with E-state index in [4.69, 9.17) is 5.84 Å². The van der Waals surface area contributed by atoms with E-state index in [9.17, 15) is 0 Å². The van der Waals surface area contributed by atoms with Crippen LogP contribution in [0, 0.1) is 11.8 Å². The van der Waals surface area contributed by atoms with Gasteiger partial charge in [-0.05, 0) is 11.8 Å². The van der Waals surface area contributed by atoms with E-state index in [1.807, 2.05) is 0 Å². The average Bonchev–Trinajstić information content (AvgIpc) is 2.76. The van der Waals surface area contributed by atoms with Gasteiger partial charge in [0.2, 0.25) is 5.13 Å². The smallest absolute Gasteiger partial charge is 0.219 e. The summed E-state index contributed by atoms with van der Waals surface area (Å²) in [6, 6.07) is 0. The zero-order chi connectivity index (χ0) is 10.8. The van der Waals surface area contributed by atoms with Gasteiger partial charge in [-0.2, -0.15) is 0 Å². The Morgan fingerprint density at radius 2 is 2.07 bits per heavy atom. The third-order valence-electron chi connectivity index (χ3n) is 3.01. The van der Waals surface area contributed by atoms with Crippen molar-refractivity contribution in [1.82, 2.24) is 15.1 Å². The highest BCUT2D eigenvalue weighted by Gasteiger charge is 2.26. The first kappa shape index (κ1) is 10.8. The number of likely N-dealkylation sites (tertiary alicyclic amines) is 1. The summed E-state index contributed by atoms with van der Waals surface area (Å²) in [5, 5.41) is 9.72. The Kier molecular flexibility index (Phi) is 3.18. The summed E-state index contributed by atoms with van der Waals surface area (Å²) in [5.41, 5.74) is 2.52. The highest BCUT2D eigenvalue weighted by atomic mass is 32.1. The van der Waals surface area contributed by atoms with Crippen molar-refractivity contribution >= 4 is 16.5 Å². The molecule has 1 aliphatic rings. The number of nitrogens with one attached hydrogen (secondary N) is 1. The molecule has 1 aromatic rings. The van der Waals surface area contributed by atoms with Crippen molar-refractivity contribution in [1.29, 1.82) is 0 Å². The average molecular weight is 227 g/mol. The van der Waals surface area contributed by atoms with Gasteiger partial charge in [0, 0.05) is 13.1 Å². The summed E-state index contributed by atoms with van der Waals surface area (Å²) in [6.07, 6.45) is 0. The van der Waals surface area contributed by atoms with Gasteiger partial charge in [-0.25, -0.2) is 5.84 Å². The molecule has 0 bridgehead atoms. The Morgan fingerprint density at radius 3 is 2.60 bits per heavy atom. The van der Waals surface area contributed by atoms with E-state index in [1.54, 1.807) is 0 Å². The molecule has 0 saturated carbocycles. The number of nitrogens with two attached hydrogens (primary N) is 1. The van der Waals surface area contributed by atoms with Crippen LogP contribution in [-0.4, -0.2) is 28.2 Å². The first-order valence-electron chi connectivity index (χ1n) is 5.20. The standard InChI is InChI=1S/C9H17N5S/c1-6-3-14(4-7(6)2)5-8-12-13-9(11-10)15-8/h6-7H,3-5,10H2,1-2H3,(H,11,13). The summed E-state index contributed by atoms with van der Waals surface area (Å²) < 4.78 is 0. The van der Waals surface area contributed by atoms with E-state index in [2.05, 4.69) is 34.4 Å². The third-order valence-corrected chi connectivity index (χ3v) is 3.85. The quantitative estimate of drug-likeness (QED) is 0.593. The molecule has 0 radical (unpaired) electrons. The predicted octanol–water partition coefficient (Wildman–Crippen LogP) is 0.911. The molecule has 15 heavy (non-hydrogen) atoms. The zero-order valence-electron chi connectivity index (χ0n) is 9.10. The number of hydrazine groups is 1. The molecule has 3 N–H and O–H groups in total. The van der Waals surface area contributed by atoms with Crippen molar-refractivity contribution in [3.05, 3.63) is 5.01 Å². The van der Waals surface area contributed by atoms with Crippen LogP contribution in [0.15, 0.2) is 0 Å². The van der Waals surface area contributed by atoms with E-state index in [1.165, 1.54) is 11.3 Å². The molecule has 6 heteroatoms. The van der Waals surface area contributed by atoms with Crippen molar-refractivity contribution in [2.45, 2.75) is 20.4 Å². The van der Waals surface area contributed by atoms with Gasteiger partial charge in [0.05, 0.1) is 6.54 Å². The zero-order valence-corrected chi connectivity index (χ0v) is 9.92. The summed E-state index contributed by atoms with van der Waals surface area (Å²) >= 11 is 1.52. The minimum absolute atomic E-state index is 0.685. The van der Waals surface area contributed by atoms with Crippen LogP contribution in [0.3, 0.4) is 0 Å². The Hall–Kier alpha value is -0.720. The number of rotatable bonds is 3. The first-order chi connectivity index (χ1) is 7.19. The highest BCUT2D eigenvalue weighted by molar-refractivity contribution is 7.15. The molecule has 0 aromatic carbocycles. The van der Waals surface area contributed by atoms with E-state index in [-0.39, 0.29) is 0 Å². The van der Waals surface area contributed by atoms with E-state index >= 15 is 0 Å². The Bertz CT molecular complexity index is 316. The van der Waals surface area contributed by atoms with Crippen LogP contribution >= 0.6 is 11.3 Å². The SMILES string of the molecule is CC1CN(Cc2nnc(NN)s2)CC1C. The normalized spacial score (nSPS) is 27.1. The first-order valence-corrected chi connectivity index (χ1v) is 6.02. The lowest BCUT2D eigenvalue weighted by molar-refractivity contribution is 0.315. The van der Waals surface area contributed by atoms with Crippen LogP contribution in [0.4, 0.5) is 5.13 Å². The maximum absolute atomic E-state index is 5.26. The molecule has 2 unspecified atom stereocenters. The second-order valence-corrected chi connectivity index (χ2v) is 5.36. The van der Waals surface area contributed by atoms with Crippen LogP contribution in [0.25, 0.3) is 0 Å². The number of hydrogen-bond acceptors (Lipinski definition) is 6. The van der Waals surface area contributed by atoms with Crippen molar-refractivity contribution in [2.24, 2.45) is 17.7 Å². The van der Waals surface area contributed by atoms with E-state index in [0.29, 0.717) is 5.13 Å². The number of aromatic nitrogens is 2. The molecule has 84 valence electrons. The largest absolute Gasteiger partial charge is 0.298 e. The van der Waals surface area contributed by atoms with Gasteiger partial charge in [-0.3, -0.25) is 10.3 Å². The summed E-state index contributed by atoms with van der Waals surface area (Å²) in [4.78, 5) is 2.43. The van der Waals surface area contributed by atoms with Gasteiger partial charge in [-0.15, -0.1) is 10.2 Å². The molecule has 2 rings (SSSR count). The number of hydrogen-bond donors (Lipinski definition) is 2. The van der Waals surface area contributed by atoms with Gasteiger partial charge in [0.25, 0.3) is 0 Å². The predicted molar refractivity (Wildman–Crippen MR) is 61.3 cm³/mol. The van der Waals surface area contributed by atoms with E-state index < -0.39 is 0 Å². The fourth-order valence-corrected chi connectivity index (χ4v) is 2.64. The number of nitrogen functional groups attached to an aromatic ring is 1. The Morgan fingerprint density at radius 1 is 1.40 bits per heavy atom. The second-order valence-electron chi connectivity index (χ2n) is 4.29. The Balaban J connectivity index is 1.92. The molecule has 0 spiro atoms. The molecule has 1 aromatic heterocycles. The Labute approximate surface area is 93.6 Å². The lowest BCUT2D eigenvalue weighted by Crippen LogP contribution is -2.19. The molecule has 1 saturated heterocycles. The molecular formula is C9H17N5S. The van der Waals surface area contributed by atoms with Crippen LogP contribution in [-0.2, 0) is 6.54 Å². The number of nitrogens with zero attached hydrogens (tertiary/aromatic N) is 3. The van der Waals surface area contributed by atoms with Gasteiger partial charge in [-0.1, -0.05) is 25.2 Å². The fraction of sp³-hybridized carbons (Fsp3) is 0.778. The summed E-state index contributed by atoms with van der Waals surface area (Å²) in [6.45, 7) is 7.82. The van der Waals surface area contributed by atoms with E-state index in [0.717, 1.165) is 36.5 Å². The molecular weight excluding hydrogens is 210 g/mol. The topological polar surface area (TPSA) is 67.1 Å². The van der Waals surface area contributed by atoms with Crippen molar-refractivity contribution in [2.75, 3.05) is 18.5 Å². The lowest BCUT2D eigenvalue weighted by atomic mass is 10.0. The van der Waals surface area contributed by atoms with Gasteiger partial charge in [0.1, 0.15) is 5.01 Å². The van der Waals surface area contributed by atoms with Gasteiger partial charge >= 0.3 is 0 Å². The maximum atomic E-state index is 5.26. The summed E-state index contributed by atoms with van der Waals surface area (Å²) in [7, 11) is 0. The van der Waals surface area contributed by atoms with Crippen molar-refractivity contribution in [3.8, 4) is 0 Å². The second kappa shape index (κ2) is 4.42. The van der Waals surface area contributed by atoms with Gasteiger partial charge < -0.3 is 0 Å². The van der Waals surface area contributed by atoms with Crippen LogP contribution < -0.4 is 11.3 Å². The number of anilines is 1. The lowest BCUT2D eigenvalue weighted by Gasteiger charge is -2.12. The van der Waals surface area contributed by atoms with Crippen molar-refractivity contribution < 1.29 is 0 Å². The monoisotopic (exact) mass is 227 g/mol. The molecule has 2 heterocycles.